The molecule has 1 N–H and O–H groups in total. The lowest BCUT2D eigenvalue weighted by atomic mass is 9.98. The lowest BCUT2D eigenvalue weighted by Gasteiger charge is -2.35. The van der Waals surface area contributed by atoms with Crippen LogP contribution in [0.15, 0.2) is 18.3 Å². The van der Waals surface area contributed by atoms with Gasteiger partial charge in [-0.3, -0.25) is 9.69 Å². The van der Waals surface area contributed by atoms with Gasteiger partial charge in [0.05, 0.1) is 12.6 Å². The fourth-order valence-corrected chi connectivity index (χ4v) is 3.24. The van der Waals surface area contributed by atoms with Gasteiger partial charge in [0.2, 0.25) is 5.91 Å². The highest BCUT2D eigenvalue weighted by Crippen LogP contribution is 2.39. The Morgan fingerprint density at radius 1 is 1.52 bits per heavy atom. The van der Waals surface area contributed by atoms with Crippen molar-refractivity contribution in [3.8, 4) is 6.07 Å². The maximum Gasteiger partial charge on any atom is 0.235 e. The molecular weight excluding hydrogens is 264 g/mol. The Hall–Kier alpha value is -1.80. The van der Waals surface area contributed by atoms with E-state index in [1.807, 2.05) is 6.92 Å². The summed E-state index contributed by atoms with van der Waals surface area (Å²) in [4.78, 5) is 14.5. The monoisotopic (exact) mass is 286 g/mol. The lowest BCUT2D eigenvalue weighted by molar-refractivity contribution is -0.124. The molecule has 112 valence electrons. The van der Waals surface area contributed by atoms with Crippen molar-refractivity contribution in [2.24, 2.45) is 5.92 Å². The van der Waals surface area contributed by atoms with Crippen LogP contribution in [0.4, 0.5) is 0 Å². The summed E-state index contributed by atoms with van der Waals surface area (Å²) in [6, 6.07) is 6.67. The Morgan fingerprint density at radius 3 is 2.95 bits per heavy atom. The quantitative estimate of drug-likeness (QED) is 0.916. The van der Waals surface area contributed by atoms with E-state index in [2.05, 4.69) is 46.1 Å². The molecular formula is C16H22N4O. The molecule has 1 aromatic rings. The van der Waals surface area contributed by atoms with Crippen molar-refractivity contribution in [1.29, 1.82) is 5.26 Å². The first kappa shape index (κ1) is 14.2. The van der Waals surface area contributed by atoms with Crippen molar-refractivity contribution in [2.75, 3.05) is 13.1 Å². The number of aromatic nitrogens is 1. The number of carbonyl (C=O) groups is 1. The molecule has 0 saturated heterocycles. The standard InChI is InChI=1S/C16H22N4O/c1-12-14-4-3-7-19(14)8-9-20(12)10-15(21)18-16(2,11-17)13-5-6-13/h3-4,7,12-13H,5-6,8-10H2,1-2H3,(H,18,21)/t12-,16+/m1/s1. The van der Waals surface area contributed by atoms with E-state index < -0.39 is 5.54 Å². The maximum atomic E-state index is 12.3. The molecule has 1 aliphatic heterocycles. The van der Waals surface area contributed by atoms with Gasteiger partial charge >= 0.3 is 0 Å². The van der Waals surface area contributed by atoms with E-state index in [1.54, 1.807) is 0 Å². The zero-order chi connectivity index (χ0) is 15.0. The van der Waals surface area contributed by atoms with Gasteiger partial charge in [0.1, 0.15) is 5.54 Å². The number of nitrogens with zero attached hydrogens (tertiary/aromatic N) is 3. The van der Waals surface area contributed by atoms with Crippen LogP contribution in [0.1, 0.15) is 38.4 Å². The number of carbonyl (C=O) groups excluding carboxylic acids is 1. The maximum absolute atomic E-state index is 12.3. The third-order valence-corrected chi connectivity index (χ3v) is 4.84. The number of hydrogen-bond donors (Lipinski definition) is 1. The molecule has 0 aromatic carbocycles. The first-order valence-electron chi connectivity index (χ1n) is 7.65. The molecule has 2 aliphatic rings. The molecule has 5 heteroatoms. The van der Waals surface area contributed by atoms with Gasteiger partial charge in [0, 0.05) is 31.0 Å². The van der Waals surface area contributed by atoms with Crippen LogP contribution in [0.3, 0.4) is 0 Å². The summed E-state index contributed by atoms with van der Waals surface area (Å²) in [6.45, 7) is 6.10. The number of amides is 1. The third kappa shape index (κ3) is 2.68. The summed E-state index contributed by atoms with van der Waals surface area (Å²) in [5.41, 5.74) is 0.551. The van der Waals surface area contributed by atoms with Crippen molar-refractivity contribution >= 4 is 5.91 Å². The van der Waals surface area contributed by atoms with E-state index in [-0.39, 0.29) is 11.9 Å². The van der Waals surface area contributed by atoms with Crippen molar-refractivity contribution < 1.29 is 4.79 Å². The average molecular weight is 286 g/mol. The van der Waals surface area contributed by atoms with E-state index in [1.165, 1.54) is 5.69 Å². The van der Waals surface area contributed by atoms with E-state index in [0.29, 0.717) is 12.5 Å². The second-order valence-corrected chi connectivity index (χ2v) is 6.41. The normalized spacial score (nSPS) is 24.7. The van der Waals surface area contributed by atoms with E-state index >= 15 is 0 Å². The molecule has 5 nitrogen and oxygen atoms in total. The molecule has 1 amide bonds. The predicted molar refractivity (Wildman–Crippen MR) is 79.3 cm³/mol. The average Bonchev–Trinajstić information content (AvgIpc) is 3.21. The van der Waals surface area contributed by atoms with Crippen molar-refractivity contribution in [3.63, 3.8) is 0 Å². The summed E-state index contributed by atoms with van der Waals surface area (Å²) in [5.74, 6) is 0.278. The lowest BCUT2D eigenvalue weighted by Crippen LogP contribution is -2.51. The van der Waals surface area contributed by atoms with E-state index in [0.717, 1.165) is 25.9 Å². The SMILES string of the molecule is C[C@@H]1c2cccn2CCN1CC(=O)N[C@@](C)(C#N)C1CC1. The Bertz CT molecular complexity index is 583. The molecule has 2 atom stereocenters. The fourth-order valence-electron chi connectivity index (χ4n) is 3.24. The van der Waals surface area contributed by atoms with Gasteiger partial charge in [0.25, 0.3) is 0 Å². The minimum atomic E-state index is -0.698. The van der Waals surface area contributed by atoms with Crippen LogP contribution in [-0.4, -0.2) is 34.0 Å². The van der Waals surface area contributed by atoms with Gasteiger partial charge in [0.15, 0.2) is 0 Å². The molecule has 0 unspecified atom stereocenters. The summed E-state index contributed by atoms with van der Waals surface area (Å²) in [7, 11) is 0. The van der Waals surface area contributed by atoms with Gasteiger partial charge in [-0.15, -0.1) is 0 Å². The van der Waals surface area contributed by atoms with Crippen LogP contribution < -0.4 is 5.32 Å². The highest BCUT2D eigenvalue weighted by Gasteiger charge is 2.43. The molecule has 21 heavy (non-hydrogen) atoms. The van der Waals surface area contributed by atoms with Gasteiger partial charge < -0.3 is 9.88 Å². The topological polar surface area (TPSA) is 61.1 Å². The Kier molecular flexibility index (Phi) is 3.50. The second-order valence-electron chi connectivity index (χ2n) is 6.41. The van der Waals surface area contributed by atoms with Gasteiger partial charge in [-0.05, 0) is 44.7 Å². The predicted octanol–water partition coefficient (Wildman–Crippen LogP) is 1.67. The molecule has 1 fully saturated rings. The molecule has 2 heterocycles. The Labute approximate surface area is 125 Å². The van der Waals surface area contributed by atoms with E-state index in [4.69, 9.17) is 0 Å². The van der Waals surface area contributed by atoms with Crippen molar-refractivity contribution in [1.82, 2.24) is 14.8 Å². The van der Waals surface area contributed by atoms with E-state index in [9.17, 15) is 10.1 Å². The highest BCUT2D eigenvalue weighted by molar-refractivity contribution is 5.79. The Balaban J connectivity index is 1.62. The number of nitrogens with one attached hydrogen (secondary N) is 1. The smallest absolute Gasteiger partial charge is 0.235 e. The summed E-state index contributed by atoms with van der Waals surface area (Å²) in [6.07, 6.45) is 4.17. The molecule has 1 aromatic heterocycles. The summed E-state index contributed by atoms with van der Waals surface area (Å²) in [5, 5.41) is 12.3. The largest absolute Gasteiger partial charge is 0.349 e. The molecule has 0 radical (unpaired) electrons. The van der Waals surface area contributed by atoms with Crippen LogP contribution in [0.2, 0.25) is 0 Å². The number of nitriles is 1. The van der Waals surface area contributed by atoms with Crippen LogP contribution in [0.5, 0.6) is 0 Å². The van der Waals surface area contributed by atoms with Gasteiger partial charge in [-0.1, -0.05) is 0 Å². The highest BCUT2D eigenvalue weighted by atomic mass is 16.2. The van der Waals surface area contributed by atoms with Crippen LogP contribution in [-0.2, 0) is 11.3 Å². The molecule has 1 aliphatic carbocycles. The first-order chi connectivity index (χ1) is 10.0. The van der Waals surface area contributed by atoms with Crippen LogP contribution in [0.25, 0.3) is 0 Å². The fraction of sp³-hybridized carbons (Fsp3) is 0.625. The molecule has 1 saturated carbocycles. The first-order valence-corrected chi connectivity index (χ1v) is 7.65. The molecule has 0 spiro atoms. The zero-order valence-corrected chi connectivity index (χ0v) is 12.7. The van der Waals surface area contributed by atoms with Crippen LogP contribution in [0, 0.1) is 17.2 Å². The minimum absolute atomic E-state index is 0.0437. The zero-order valence-electron chi connectivity index (χ0n) is 12.7. The third-order valence-electron chi connectivity index (χ3n) is 4.84. The van der Waals surface area contributed by atoms with Gasteiger partial charge in [-0.25, -0.2) is 0 Å². The van der Waals surface area contributed by atoms with Crippen molar-refractivity contribution in [3.05, 3.63) is 24.0 Å². The number of hydrogen-bond acceptors (Lipinski definition) is 3. The van der Waals surface area contributed by atoms with Gasteiger partial charge in [-0.2, -0.15) is 5.26 Å². The van der Waals surface area contributed by atoms with Crippen LogP contribution >= 0.6 is 0 Å². The molecule has 0 bridgehead atoms. The minimum Gasteiger partial charge on any atom is -0.349 e. The summed E-state index contributed by atoms with van der Waals surface area (Å²) < 4.78 is 2.24. The number of fused-ring (bicyclic) bond motifs is 1. The molecule has 3 rings (SSSR count). The van der Waals surface area contributed by atoms with Crippen molar-refractivity contribution in [2.45, 2.75) is 44.8 Å². The summed E-state index contributed by atoms with van der Waals surface area (Å²) >= 11 is 0. The number of rotatable bonds is 4. The Morgan fingerprint density at radius 2 is 2.29 bits per heavy atom. The second kappa shape index (κ2) is 5.19.